The zero-order valence-corrected chi connectivity index (χ0v) is 16.0. The first-order valence-electron chi connectivity index (χ1n) is 8.11. The summed E-state index contributed by atoms with van der Waals surface area (Å²) in [5, 5.41) is 11.6. The maximum atomic E-state index is 13.7. The Morgan fingerprint density at radius 1 is 1.25 bits per heavy atom. The molecule has 2 aromatic rings. The maximum Gasteiger partial charge on any atom is 0.349 e. The second-order valence-electron chi connectivity index (χ2n) is 5.90. The summed E-state index contributed by atoms with van der Waals surface area (Å²) in [6.07, 6.45) is 1.36. The summed E-state index contributed by atoms with van der Waals surface area (Å²) in [5.74, 6) is -2.42. The van der Waals surface area contributed by atoms with Crippen LogP contribution in [0, 0.1) is 17.1 Å². The number of hydrogen-bond donors (Lipinski definition) is 1. The Balaban J connectivity index is 1.97. The molecule has 6 nitrogen and oxygen atoms in total. The second-order valence-corrected chi connectivity index (χ2v) is 6.34. The number of halogens is 2. The third-order valence-electron chi connectivity index (χ3n) is 3.60. The molecule has 1 N–H and O–H groups in total. The Kier molecular flexibility index (Phi) is 7.13. The van der Waals surface area contributed by atoms with Crippen molar-refractivity contribution in [1.29, 1.82) is 5.26 Å². The SMILES string of the molecule is CN(C)c1ccc(/C=C(\C#N)C(=O)OCC(=O)Nc2ccc(Cl)cc2F)cc1. The topological polar surface area (TPSA) is 82.4 Å². The van der Waals surface area contributed by atoms with Gasteiger partial charge in [-0.25, -0.2) is 9.18 Å². The predicted molar refractivity (Wildman–Crippen MR) is 105 cm³/mol. The van der Waals surface area contributed by atoms with Gasteiger partial charge in [-0.1, -0.05) is 23.7 Å². The summed E-state index contributed by atoms with van der Waals surface area (Å²) < 4.78 is 18.5. The number of hydrogen-bond acceptors (Lipinski definition) is 5. The Labute approximate surface area is 166 Å². The van der Waals surface area contributed by atoms with Gasteiger partial charge in [0.25, 0.3) is 5.91 Å². The molecule has 0 aromatic heterocycles. The number of nitrogens with zero attached hydrogens (tertiary/aromatic N) is 2. The molecule has 2 aromatic carbocycles. The van der Waals surface area contributed by atoms with Gasteiger partial charge in [-0.05, 0) is 42.0 Å². The fourth-order valence-electron chi connectivity index (χ4n) is 2.16. The van der Waals surface area contributed by atoms with E-state index in [1.54, 1.807) is 18.2 Å². The number of benzene rings is 2. The monoisotopic (exact) mass is 401 g/mol. The summed E-state index contributed by atoms with van der Waals surface area (Å²) in [4.78, 5) is 25.8. The van der Waals surface area contributed by atoms with E-state index in [0.29, 0.717) is 5.56 Å². The molecule has 0 aliphatic carbocycles. The Morgan fingerprint density at radius 2 is 1.93 bits per heavy atom. The minimum Gasteiger partial charge on any atom is -0.451 e. The van der Waals surface area contributed by atoms with E-state index in [4.69, 9.17) is 16.3 Å². The molecular weight excluding hydrogens is 385 g/mol. The standard InChI is InChI=1S/C20H17ClFN3O3/c1-25(2)16-6-3-13(4-7-16)9-14(11-23)20(27)28-12-19(26)24-18-8-5-15(21)10-17(18)22/h3-10H,12H2,1-2H3,(H,24,26)/b14-9+. The number of esters is 1. The summed E-state index contributed by atoms with van der Waals surface area (Å²) in [5.41, 5.74) is 1.24. The average molecular weight is 402 g/mol. The van der Waals surface area contributed by atoms with E-state index in [0.717, 1.165) is 11.8 Å². The van der Waals surface area contributed by atoms with E-state index >= 15 is 0 Å². The lowest BCUT2D eigenvalue weighted by Gasteiger charge is -2.11. The van der Waals surface area contributed by atoms with E-state index < -0.39 is 24.3 Å². The smallest absolute Gasteiger partial charge is 0.349 e. The van der Waals surface area contributed by atoms with Crippen LogP contribution in [-0.4, -0.2) is 32.6 Å². The van der Waals surface area contributed by atoms with Crippen molar-refractivity contribution < 1.29 is 18.7 Å². The number of nitriles is 1. The van der Waals surface area contributed by atoms with Gasteiger partial charge in [0.15, 0.2) is 6.61 Å². The van der Waals surface area contributed by atoms with Gasteiger partial charge in [-0.2, -0.15) is 5.26 Å². The van der Waals surface area contributed by atoms with Crippen LogP contribution >= 0.6 is 11.6 Å². The van der Waals surface area contributed by atoms with Gasteiger partial charge in [0.1, 0.15) is 17.5 Å². The molecule has 0 aliphatic heterocycles. The first-order valence-corrected chi connectivity index (χ1v) is 8.49. The van der Waals surface area contributed by atoms with Gasteiger partial charge in [-0.15, -0.1) is 0 Å². The van der Waals surface area contributed by atoms with Gasteiger partial charge in [-0.3, -0.25) is 4.79 Å². The molecule has 1 amide bonds. The Morgan fingerprint density at radius 3 is 2.50 bits per heavy atom. The van der Waals surface area contributed by atoms with Crippen LogP contribution in [0.25, 0.3) is 6.08 Å². The first kappa shape index (κ1) is 20.9. The largest absolute Gasteiger partial charge is 0.451 e. The maximum absolute atomic E-state index is 13.7. The van der Waals surface area contributed by atoms with Crippen molar-refractivity contribution >= 4 is 40.9 Å². The third-order valence-corrected chi connectivity index (χ3v) is 3.84. The number of ether oxygens (including phenoxy) is 1. The summed E-state index contributed by atoms with van der Waals surface area (Å²) in [7, 11) is 3.79. The van der Waals surface area contributed by atoms with Crippen LogP contribution in [0.3, 0.4) is 0 Å². The van der Waals surface area contributed by atoms with Crippen LogP contribution < -0.4 is 10.2 Å². The zero-order chi connectivity index (χ0) is 20.7. The van der Waals surface area contributed by atoms with Crippen LogP contribution in [0.4, 0.5) is 15.8 Å². The number of anilines is 2. The van der Waals surface area contributed by atoms with Crippen molar-refractivity contribution in [3.63, 3.8) is 0 Å². The van der Waals surface area contributed by atoms with Gasteiger partial charge in [0.2, 0.25) is 0 Å². The zero-order valence-electron chi connectivity index (χ0n) is 15.2. The molecule has 0 aliphatic rings. The van der Waals surface area contributed by atoms with Crippen LogP contribution in [0.5, 0.6) is 0 Å². The van der Waals surface area contributed by atoms with E-state index in [2.05, 4.69) is 5.32 Å². The second kappa shape index (κ2) is 9.53. The highest BCUT2D eigenvalue weighted by Gasteiger charge is 2.14. The van der Waals surface area contributed by atoms with Crippen molar-refractivity contribution in [3.8, 4) is 6.07 Å². The van der Waals surface area contributed by atoms with Gasteiger partial charge in [0.05, 0.1) is 5.69 Å². The summed E-state index contributed by atoms with van der Waals surface area (Å²) in [6.45, 7) is -0.667. The molecule has 0 saturated heterocycles. The molecule has 0 atom stereocenters. The number of rotatable bonds is 6. The summed E-state index contributed by atoms with van der Waals surface area (Å²) in [6, 6.07) is 12.6. The van der Waals surface area contributed by atoms with Crippen molar-refractivity contribution in [2.75, 3.05) is 30.9 Å². The number of nitrogens with one attached hydrogen (secondary N) is 1. The van der Waals surface area contributed by atoms with Gasteiger partial charge < -0.3 is 15.0 Å². The molecular formula is C20H17ClFN3O3. The lowest BCUT2D eigenvalue weighted by Crippen LogP contribution is -2.21. The van der Waals surface area contributed by atoms with Crippen LogP contribution in [0.2, 0.25) is 5.02 Å². The quantitative estimate of drug-likeness (QED) is 0.454. The molecule has 28 heavy (non-hydrogen) atoms. The highest BCUT2D eigenvalue weighted by atomic mass is 35.5. The lowest BCUT2D eigenvalue weighted by molar-refractivity contribution is -0.142. The minimum atomic E-state index is -0.953. The van der Waals surface area contributed by atoms with Crippen LogP contribution in [0.15, 0.2) is 48.0 Å². The molecule has 0 heterocycles. The molecule has 0 fully saturated rings. The minimum absolute atomic E-state index is 0.0949. The van der Waals surface area contributed by atoms with Crippen molar-refractivity contribution in [1.82, 2.24) is 0 Å². The number of carbonyl (C=O) groups excluding carboxylic acids is 2. The molecule has 0 spiro atoms. The molecule has 2 rings (SSSR count). The summed E-state index contributed by atoms with van der Waals surface area (Å²) >= 11 is 5.64. The van der Waals surface area contributed by atoms with Crippen LogP contribution in [-0.2, 0) is 14.3 Å². The molecule has 0 radical (unpaired) electrons. The molecule has 144 valence electrons. The highest BCUT2D eigenvalue weighted by molar-refractivity contribution is 6.30. The lowest BCUT2D eigenvalue weighted by atomic mass is 10.1. The Hall–Kier alpha value is -3.37. The fraction of sp³-hybridized carbons (Fsp3) is 0.150. The van der Waals surface area contributed by atoms with E-state index in [1.807, 2.05) is 31.1 Å². The number of amides is 1. The van der Waals surface area contributed by atoms with Gasteiger partial charge >= 0.3 is 5.97 Å². The van der Waals surface area contributed by atoms with E-state index in [9.17, 15) is 19.2 Å². The first-order chi connectivity index (χ1) is 13.3. The van der Waals surface area contributed by atoms with E-state index in [1.165, 1.54) is 18.2 Å². The molecule has 0 bridgehead atoms. The van der Waals surface area contributed by atoms with Gasteiger partial charge in [0, 0.05) is 24.8 Å². The third kappa shape index (κ3) is 5.83. The molecule has 0 unspecified atom stereocenters. The predicted octanol–water partition coefficient (Wildman–Crippen LogP) is 3.63. The average Bonchev–Trinajstić information content (AvgIpc) is 2.66. The van der Waals surface area contributed by atoms with Crippen molar-refractivity contribution in [2.24, 2.45) is 0 Å². The Bertz CT molecular complexity index is 950. The fourth-order valence-corrected chi connectivity index (χ4v) is 2.32. The van der Waals surface area contributed by atoms with Crippen LogP contribution in [0.1, 0.15) is 5.56 Å². The molecule has 8 heteroatoms. The molecule has 0 saturated carbocycles. The van der Waals surface area contributed by atoms with Crippen molar-refractivity contribution in [3.05, 3.63) is 64.4 Å². The normalized spacial score (nSPS) is 10.8. The highest BCUT2D eigenvalue weighted by Crippen LogP contribution is 2.19. The van der Waals surface area contributed by atoms with Crippen molar-refractivity contribution in [2.45, 2.75) is 0 Å². The number of carbonyl (C=O) groups is 2. The van der Waals surface area contributed by atoms with E-state index in [-0.39, 0.29) is 16.3 Å².